The van der Waals surface area contributed by atoms with E-state index in [-0.39, 0.29) is 0 Å². The molecule has 0 saturated carbocycles. The van der Waals surface area contributed by atoms with Crippen LogP contribution in [0.5, 0.6) is 0 Å². The van der Waals surface area contributed by atoms with E-state index in [0.717, 1.165) is 6.29 Å². The maximum Gasteiger partial charge on any atom is 0.122 e. The fourth-order valence-electron chi connectivity index (χ4n) is 2.30. The fraction of sp³-hybridized carbons (Fsp3) is 0.957. The predicted octanol–water partition coefficient (Wildman–Crippen LogP) is -0.300. The molecule has 0 aromatic carbocycles. The van der Waals surface area contributed by atoms with Gasteiger partial charge < -0.3 is 57.9 Å². The van der Waals surface area contributed by atoms with E-state index in [1.165, 1.54) is 0 Å². The van der Waals surface area contributed by atoms with Gasteiger partial charge in [-0.1, -0.05) is 0 Å². The van der Waals surface area contributed by atoms with Crippen molar-refractivity contribution in [2.75, 3.05) is 139 Å². The van der Waals surface area contributed by atoms with E-state index in [0.29, 0.717) is 145 Å². The van der Waals surface area contributed by atoms with Gasteiger partial charge in [0.1, 0.15) is 6.29 Å². The molecule has 0 bridgehead atoms. The Morgan fingerprint density at radius 1 is 0.343 bits per heavy atom. The first-order valence-corrected chi connectivity index (χ1v) is 12.3. The van der Waals surface area contributed by atoms with E-state index in [2.05, 4.69) is 0 Å². The van der Waals surface area contributed by atoms with E-state index in [9.17, 15) is 4.79 Å². The topological polar surface area (TPSA) is 135 Å². The van der Waals surface area contributed by atoms with Crippen molar-refractivity contribution < 1.29 is 52.2 Å². The lowest BCUT2D eigenvalue weighted by Gasteiger charge is -2.09. The third kappa shape index (κ3) is 33.2. The average Bonchev–Trinajstić information content (AvgIpc) is 2.87. The Bertz CT molecular complexity index is 394. The first-order chi connectivity index (χ1) is 17.4. The average molecular weight is 514 g/mol. The number of hydrogen-bond donors (Lipinski definition) is 1. The predicted molar refractivity (Wildman–Crippen MR) is 128 cm³/mol. The van der Waals surface area contributed by atoms with Crippen molar-refractivity contribution in [2.24, 2.45) is 5.73 Å². The largest absolute Gasteiger partial charge is 0.379 e. The lowest BCUT2D eigenvalue weighted by molar-refractivity contribution is -0.108. The molecular weight excluding hydrogens is 466 g/mol. The number of ether oxygens (including phenoxy) is 10. The zero-order valence-corrected chi connectivity index (χ0v) is 21.2. The molecule has 0 aliphatic heterocycles. The molecule has 12 nitrogen and oxygen atoms in total. The highest BCUT2D eigenvalue weighted by molar-refractivity contribution is 5.49. The summed E-state index contributed by atoms with van der Waals surface area (Å²) in [5, 5.41) is 0. The summed E-state index contributed by atoms with van der Waals surface area (Å²) in [5.74, 6) is 0. The van der Waals surface area contributed by atoms with E-state index >= 15 is 0 Å². The molecule has 0 atom stereocenters. The smallest absolute Gasteiger partial charge is 0.122 e. The minimum absolute atomic E-state index is 0.417. The highest BCUT2D eigenvalue weighted by Crippen LogP contribution is 1.86. The van der Waals surface area contributed by atoms with E-state index in [1.807, 2.05) is 0 Å². The SMILES string of the molecule is NCCOCCOCCOCCOCCOCCOCCOCCOCCOCCOCCC=O. The highest BCUT2D eigenvalue weighted by Gasteiger charge is 1.95. The van der Waals surface area contributed by atoms with Gasteiger partial charge in [-0.05, 0) is 0 Å². The number of nitrogens with two attached hydrogens (primary N) is 1. The number of aldehydes is 1. The number of rotatable bonds is 32. The number of hydrogen-bond acceptors (Lipinski definition) is 12. The van der Waals surface area contributed by atoms with Gasteiger partial charge in [-0.2, -0.15) is 0 Å². The first kappa shape index (κ1) is 34.2. The quantitative estimate of drug-likeness (QED) is 0.0934. The fourth-order valence-corrected chi connectivity index (χ4v) is 2.30. The first-order valence-electron chi connectivity index (χ1n) is 12.3. The van der Waals surface area contributed by atoms with Gasteiger partial charge in [0.05, 0.1) is 132 Å². The summed E-state index contributed by atoms with van der Waals surface area (Å²) < 4.78 is 53.5. The van der Waals surface area contributed by atoms with Gasteiger partial charge in [-0.25, -0.2) is 0 Å². The van der Waals surface area contributed by atoms with Crippen molar-refractivity contribution in [3.63, 3.8) is 0 Å². The Morgan fingerprint density at radius 3 is 0.743 bits per heavy atom. The lowest BCUT2D eigenvalue weighted by Crippen LogP contribution is -2.15. The van der Waals surface area contributed by atoms with Gasteiger partial charge in [0.15, 0.2) is 0 Å². The van der Waals surface area contributed by atoms with Crippen molar-refractivity contribution in [1.82, 2.24) is 0 Å². The van der Waals surface area contributed by atoms with Gasteiger partial charge in [0.2, 0.25) is 0 Å². The molecule has 12 heteroatoms. The maximum atomic E-state index is 10.1. The summed E-state index contributed by atoms with van der Waals surface area (Å²) in [5.41, 5.74) is 5.31. The van der Waals surface area contributed by atoms with E-state index < -0.39 is 0 Å². The molecule has 0 saturated heterocycles. The molecule has 210 valence electrons. The zero-order valence-electron chi connectivity index (χ0n) is 21.2. The van der Waals surface area contributed by atoms with Crippen LogP contribution in [0.1, 0.15) is 6.42 Å². The van der Waals surface area contributed by atoms with Crippen molar-refractivity contribution in [3.8, 4) is 0 Å². The summed E-state index contributed by atoms with van der Waals surface area (Å²) in [6.07, 6.45) is 1.25. The molecule has 0 amide bonds. The lowest BCUT2D eigenvalue weighted by atomic mass is 10.5. The molecule has 0 spiro atoms. The second-order valence-corrected chi connectivity index (χ2v) is 6.87. The molecule has 2 N–H and O–H groups in total. The van der Waals surface area contributed by atoms with Crippen LogP contribution in [0.15, 0.2) is 0 Å². The molecule has 0 fully saturated rings. The molecule has 0 unspecified atom stereocenters. The van der Waals surface area contributed by atoms with Gasteiger partial charge in [0.25, 0.3) is 0 Å². The van der Waals surface area contributed by atoms with Crippen LogP contribution >= 0.6 is 0 Å². The van der Waals surface area contributed by atoms with Crippen LogP contribution in [0.3, 0.4) is 0 Å². The van der Waals surface area contributed by atoms with Crippen molar-refractivity contribution in [2.45, 2.75) is 6.42 Å². The Labute approximate surface area is 209 Å². The summed E-state index contributed by atoms with van der Waals surface area (Å²) in [4.78, 5) is 10.1. The van der Waals surface area contributed by atoms with Crippen LogP contribution in [-0.2, 0) is 52.2 Å². The summed E-state index contributed by atoms with van der Waals surface area (Å²) in [7, 11) is 0. The third-order valence-electron chi connectivity index (χ3n) is 3.99. The van der Waals surface area contributed by atoms with Crippen molar-refractivity contribution in [1.29, 1.82) is 0 Å². The van der Waals surface area contributed by atoms with Crippen LogP contribution in [0, 0.1) is 0 Å². The second kappa shape index (κ2) is 33.2. The Morgan fingerprint density at radius 2 is 0.543 bits per heavy atom. The Balaban J connectivity index is 3.00. The second-order valence-electron chi connectivity index (χ2n) is 6.87. The van der Waals surface area contributed by atoms with Gasteiger partial charge in [-0.3, -0.25) is 0 Å². The van der Waals surface area contributed by atoms with Crippen LogP contribution in [0.4, 0.5) is 0 Å². The molecule has 0 heterocycles. The molecule has 0 rings (SSSR count). The minimum Gasteiger partial charge on any atom is -0.379 e. The molecular formula is C23H47NO11. The van der Waals surface area contributed by atoms with Crippen LogP contribution in [-0.4, -0.2) is 145 Å². The molecule has 35 heavy (non-hydrogen) atoms. The van der Waals surface area contributed by atoms with Crippen LogP contribution < -0.4 is 5.73 Å². The summed E-state index contributed by atoms with van der Waals surface area (Å²) in [6.45, 7) is 10.8. The molecule has 0 aliphatic rings. The van der Waals surface area contributed by atoms with Crippen molar-refractivity contribution in [3.05, 3.63) is 0 Å². The van der Waals surface area contributed by atoms with Gasteiger partial charge >= 0.3 is 0 Å². The molecule has 0 aromatic rings. The van der Waals surface area contributed by atoms with Gasteiger partial charge in [-0.15, -0.1) is 0 Å². The highest BCUT2D eigenvalue weighted by atomic mass is 16.6. The maximum absolute atomic E-state index is 10.1. The van der Waals surface area contributed by atoms with E-state index in [4.69, 9.17) is 53.1 Å². The van der Waals surface area contributed by atoms with Gasteiger partial charge in [0, 0.05) is 13.0 Å². The number of carbonyl (C=O) groups is 1. The molecule has 0 aliphatic carbocycles. The molecule has 0 radical (unpaired) electrons. The standard InChI is InChI=1S/C23H47NO11/c24-2-5-27-7-9-29-11-13-31-15-17-33-19-21-35-23-22-34-20-18-32-16-14-30-12-10-28-8-6-26-4-1-3-25/h3H,1-2,4-24H2. The summed E-state index contributed by atoms with van der Waals surface area (Å²) in [6, 6.07) is 0. The third-order valence-corrected chi connectivity index (χ3v) is 3.99. The Kier molecular flexibility index (Phi) is 32.5. The van der Waals surface area contributed by atoms with Crippen LogP contribution in [0.25, 0.3) is 0 Å². The minimum atomic E-state index is 0.417. The molecule has 0 aromatic heterocycles. The summed E-state index contributed by atoms with van der Waals surface area (Å²) >= 11 is 0. The zero-order chi connectivity index (χ0) is 25.3. The monoisotopic (exact) mass is 513 g/mol. The normalized spacial score (nSPS) is 11.3. The van der Waals surface area contributed by atoms with Crippen LogP contribution in [0.2, 0.25) is 0 Å². The number of carbonyl (C=O) groups excluding carboxylic acids is 1. The van der Waals surface area contributed by atoms with Crippen molar-refractivity contribution >= 4 is 6.29 Å². The Hall–Kier alpha value is -0.770. The van der Waals surface area contributed by atoms with E-state index in [1.54, 1.807) is 0 Å².